The molecule has 1 aliphatic rings. The van der Waals surface area contributed by atoms with Gasteiger partial charge in [0.25, 0.3) is 5.91 Å². The topological polar surface area (TPSA) is 94.1 Å². The SMILES string of the molecule is C[C@H]1CN([C@@H](C)CO)C(=O)c2cc(NC(=O)Nc3cccc4ccccc34)ccc2O[C@H]1CN(C)Cc1ccc(Cl)c(Cl)c1. The van der Waals surface area contributed by atoms with Crippen LogP contribution in [0.5, 0.6) is 5.75 Å². The fourth-order valence-electron chi connectivity index (χ4n) is 5.46. The van der Waals surface area contributed by atoms with Crippen LogP contribution in [0.25, 0.3) is 10.8 Å². The summed E-state index contributed by atoms with van der Waals surface area (Å²) in [5, 5.41) is 18.7. The summed E-state index contributed by atoms with van der Waals surface area (Å²) >= 11 is 12.3. The minimum atomic E-state index is -0.434. The van der Waals surface area contributed by atoms with E-state index in [2.05, 4.69) is 15.5 Å². The normalized spacial score (nSPS) is 17.4. The van der Waals surface area contributed by atoms with Crippen molar-refractivity contribution in [2.75, 3.05) is 37.4 Å². The number of aliphatic hydroxyl groups excluding tert-OH is 1. The highest BCUT2D eigenvalue weighted by molar-refractivity contribution is 6.42. The molecule has 5 rings (SSSR count). The molecule has 230 valence electrons. The van der Waals surface area contributed by atoms with Crippen LogP contribution < -0.4 is 15.4 Å². The maximum absolute atomic E-state index is 13.8. The van der Waals surface area contributed by atoms with E-state index < -0.39 is 12.1 Å². The minimum Gasteiger partial charge on any atom is -0.488 e. The summed E-state index contributed by atoms with van der Waals surface area (Å²) in [6.07, 6.45) is -0.267. The summed E-state index contributed by atoms with van der Waals surface area (Å²) in [5.41, 5.74) is 2.45. The van der Waals surface area contributed by atoms with Gasteiger partial charge in [0.05, 0.1) is 33.9 Å². The average molecular weight is 636 g/mol. The van der Waals surface area contributed by atoms with Crippen LogP contribution in [0.2, 0.25) is 10.0 Å². The van der Waals surface area contributed by atoms with Gasteiger partial charge < -0.3 is 25.4 Å². The Morgan fingerprint density at radius 1 is 1.05 bits per heavy atom. The number of anilines is 2. The fraction of sp³-hybridized carbons (Fsp3) is 0.294. The van der Waals surface area contributed by atoms with E-state index in [1.165, 1.54) is 0 Å². The number of nitrogens with one attached hydrogen (secondary N) is 2. The van der Waals surface area contributed by atoms with Crippen molar-refractivity contribution in [3.8, 4) is 5.75 Å². The number of benzene rings is 4. The van der Waals surface area contributed by atoms with E-state index in [0.717, 1.165) is 16.3 Å². The molecule has 0 aliphatic carbocycles. The Kier molecular flexibility index (Phi) is 9.96. The second-order valence-corrected chi connectivity index (χ2v) is 12.2. The summed E-state index contributed by atoms with van der Waals surface area (Å²) in [6, 6.07) is 23.3. The zero-order valence-electron chi connectivity index (χ0n) is 24.9. The van der Waals surface area contributed by atoms with Gasteiger partial charge in [-0.1, -0.05) is 72.6 Å². The number of likely N-dealkylation sites (N-methyl/N-ethyl adjacent to an activating group) is 1. The zero-order valence-corrected chi connectivity index (χ0v) is 26.4. The molecule has 44 heavy (non-hydrogen) atoms. The number of ether oxygens (including phenoxy) is 1. The second-order valence-electron chi connectivity index (χ2n) is 11.4. The molecular formula is C34H36Cl2N4O4. The number of halogens is 2. The Hall–Kier alpha value is -3.82. The predicted octanol–water partition coefficient (Wildman–Crippen LogP) is 7.14. The molecule has 4 aromatic rings. The largest absolute Gasteiger partial charge is 0.488 e. The lowest BCUT2D eigenvalue weighted by molar-refractivity contribution is 0.0341. The lowest BCUT2D eigenvalue weighted by atomic mass is 9.99. The zero-order chi connectivity index (χ0) is 31.4. The van der Waals surface area contributed by atoms with Crippen molar-refractivity contribution in [1.29, 1.82) is 0 Å². The van der Waals surface area contributed by atoms with Gasteiger partial charge in [0, 0.05) is 36.6 Å². The average Bonchev–Trinajstić information content (AvgIpc) is 3.01. The number of nitrogens with zero attached hydrogens (tertiary/aromatic N) is 2. The van der Waals surface area contributed by atoms with Crippen molar-refractivity contribution < 1.29 is 19.4 Å². The van der Waals surface area contributed by atoms with E-state index in [-0.39, 0.29) is 24.5 Å². The molecule has 0 fully saturated rings. The Balaban J connectivity index is 1.37. The Bertz CT molecular complexity index is 1660. The molecule has 0 saturated heterocycles. The quantitative estimate of drug-likeness (QED) is 0.191. The van der Waals surface area contributed by atoms with Crippen molar-refractivity contribution in [1.82, 2.24) is 9.80 Å². The number of hydrogen-bond donors (Lipinski definition) is 3. The van der Waals surface area contributed by atoms with Crippen molar-refractivity contribution in [3.63, 3.8) is 0 Å². The van der Waals surface area contributed by atoms with Gasteiger partial charge >= 0.3 is 6.03 Å². The molecule has 0 spiro atoms. The summed E-state index contributed by atoms with van der Waals surface area (Å²) in [5.74, 6) is 0.111. The van der Waals surface area contributed by atoms with Crippen LogP contribution in [0.3, 0.4) is 0 Å². The number of carbonyl (C=O) groups excluding carboxylic acids is 2. The van der Waals surface area contributed by atoms with Gasteiger partial charge in [0.2, 0.25) is 0 Å². The maximum Gasteiger partial charge on any atom is 0.323 e. The first kappa shape index (κ1) is 31.6. The third-order valence-corrected chi connectivity index (χ3v) is 8.63. The summed E-state index contributed by atoms with van der Waals surface area (Å²) < 4.78 is 6.51. The van der Waals surface area contributed by atoms with Crippen molar-refractivity contribution >= 4 is 57.3 Å². The van der Waals surface area contributed by atoms with E-state index >= 15 is 0 Å². The van der Waals surface area contributed by atoms with Gasteiger partial charge in [0.1, 0.15) is 11.9 Å². The Morgan fingerprint density at radius 2 is 1.82 bits per heavy atom. The standard InChI is InChI=1S/C34H36Cl2N4O4/c1-21-17-40(22(2)20-41)33(42)27-16-25(37-34(43)38-30-10-6-8-24-7-4-5-9-26(24)30)12-14-31(27)44-32(21)19-39(3)18-23-11-13-28(35)29(36)15-23/h4-16,21-22,32,41H,17-20H2,1-3H3,(H2,37,38,43)/t21-,22-,32-/m0/s1. The van der Waals surface area contributed by atoms with Crippen LogP contribution in [0.15, 0.2) is 78.9 Å². The molecule has 0 unspecified atom stereocenters. The van der Waals surface area contributed by atoms with Crippen LogP contribution in [-0.4, -0.2) is 65.7 Å². The van der Waals surface area contributed by atoms with Gasteiger partial charge in [-0.25, -0.2) is 4.79 Å². The first-order valence-electron chi connectivity index (χ1n) is 14.5. The van der Waals surface area contributed by atoms with Crippen molar-refractivity contribution in [3.05, 3.63) is 100 Å². The summed E-state index contributed by atoms with van der Waals surface area (Å²) in [4.78, 5) is 30.6. The van der Waals surface area contributed by atoms with Crippen LogP contribution in [0, 0.1) is 5.92 Å². The molecule has 3 N–H and O–H groups in total. The fourth-order valence-corrected chi connectivity index (χ4v) is 5.78. The van der Waals surface area contributed by atoms with Crippen LogP contribution >= 0.6 is 23.2 Å². The summed E-state index contributed by atoms with van der Waals surface area (Å²) in [6.45, 7) is 5.27. The van der Waals surface area contributed by atoms with Crippen molar-refractivity contribution in [2.24, 2.45) is 5.92 Å². The number of carbonyl (C=O) groups is 2. The highest BCUT2D eigenvalue weighted by Gasteiger charge is 2.33. The third-order valence-electron chi connectivity index (χ3n) is 7.89. The van der Waals surface area contributed by atoms with E-state index in [1.807, 2.05) is 75.5 Å². The monoisotopic (exact) mass is 634 g/mol. The molecule has 4 aromatic carbocycles. The number of aliphatic hydroxyl groups is 1. The number of rotatable bonds is 8. The highest BCUT2D eigenvalue weighted by Crippen LogP contribution is 2.31. The molecule has 0 saturated carbocycles. The Morgan fingerprint density at radius 3 is 2.59 bits per heavy atom. The van der Waals surface area contributed by atoms with Crippen LogP contribution in [0.4, 0.5) is 16.2 Å². The first-order chi connectivity index (χ1) is 21.1. The number of urea groups is 1. The minimum absolute atomic E-state index is 0.0402. The molecule has 0 bridgehead atoms. The van der Waals surface area contributed by atoms with E-state index in [9.17, 15) is 14.7 Å². The number of hydrogen-bond acceptors (Lipinski definition) is 5. The molecule has 3 amide bonds. The molecule has 3 atom stereocenters. The third kappa shape index (κ3) is 7.27. The molecule has 1 aliphatic heterocycles. The molecule has 1 heterocycles. The Labute approximate surface area is 267 Å². The summed E-state index contributed by atoms with van der Waals surface area (Å²) in [7, 11) is 2.00. The second kappa shape index (κ2) is 13.9. The molecule has 10 heteroatoms. The van der Waals surface area contributed by atoms with E-state index in [4.69, 9.17) is 27.9 Å². The van der Waals surface area contributed by atoms with Gasteiger partial charge in [-0.2, -0.15) is 0 Å². The highest BCUT2D eigenvalue weighted by atomic mass is 35.5. The van der Waals surface area contributed by atoms with E-state index in [0.29, 0.717) is 52.4 Å². The van der Waals surface area contributed by atoms with Crippen LogP contribution in [0.1, 0.15) is 29.8 Å². The first-order valence-corrected chi connectivity index (χ1v) is 15.3. The lowest BCUT2D eigenvalue weighted by Crippen LogP contribution is -2.49. The molecule has 0 radical (unpaired) electrons. The molecule has 0 aromatic heterocycles. The lowest BCUT2D eigenvalue weighted by Gasteiger charge is -2.38. The van der Waals surface area contributed by atoms with Gasteiger partial charge in [0.15, 0.2) is 0 Å². The van der Waals surface area contributed by atoms with E-state index in [1.54, 1.807) is 29.2 Å². The number of fused-ring (bicyclic) bond motifs is 2. The van der Waals surface area contributed by atoms with Crippen LogP contribution in [-0.2, 0) is 6.54 Å². The molecule has 8 nitrogen and oxygen atoms in total. The molecular weight excluding hydrogens is 599 g/mol. The smallest absolute Gasteiger partial charge is 0.323 e. The predicted molar refractivity (Wildman–Crippen MR) is 177 cm³/mol. The van der Waals surface area contributed by atoms with Gasteiger partial charge in [-0.3, -0.25) is 9.69 Å². The maximum atomic E-state index is 13.8. The van der Waals surface area contributed by atoms with Gasteiger partial charge in [-0.15, -0.1) is 0 Å². The number of amides is 3. The van der Waals surface area contributed by atoms with Crippen molar-refractivity contribution in [2.45, 2.75) is 32.5 Å². The van der Waals surface area contributed by atoms with Gasteiger partial charge in [-0.05, 0) is 61.3 Å².